The summed E-state index contributed by atoms with van der Waals surface area (Å²) in [6, 6.07) is 21.3. The van der Waals surface area contributed by atoms with E-state index in [-0.39, 0.29) is 25.5 Å². The lowest BCUT2D eigenvalue weighted by Gasteiger charge is -2.32. The van der Waals surface area contributed by atoms with E-state index >= 15 is 0 Å². The van der Waals surface area contributed by atoms with Crippen molar-refractivity contribution >= 4 is 17.5 Å². The first-order valence-electron chi connectivity index (χ1n) is 14.4. The Morgan fingerprint density at radius 1 is 1.02 bits per heavy atom. The number of amides is 1. The van der Waals surface area contributed by atoms with Crippen LogP contribution in [0.25, 0.3) is 20.9 Å². The highest BCUT2D eigenvalue weighted by molar-refractivity contribution is 6.01. The van der Waals surface area contributed by atoms with Crippen LogP contribution >= 0.6 is 0 Å². The van der Waals surface area contributed by atoms with Gasteiger partial charge >= 0.3 is 0 Å². The molecule has 4 rings (SSSR count). The zero-order chi connectivity index (χ0) is 31.9. The number of aliphatic hydroxyl groups excluding tert-OH is 1. The number of rotatable bonds is 17. The molecule has 1 amide bonds. The molecule has 1 aliphatic rings. The number of aliphatic imine (C=N–C) groups is 1. The summed E-state index contributed by atoms with van der Waals surface area (Å²) >= 11 is 0. The van der Waals surface area contributed by atoms with Crippen LogP contribution < -0.4 is 15.6 Å². The predicted molar refractivity (Wildman–Crippen MR) is 168 cm³/mol. The van der Waals surface area contributed by atoms with Crippen molar-refractivity contribution in [2.45, 2.75) is 37.5 Å². The van der Waals surface area contributed by atoms with Crippen LogP contribution in [0.3, 0.4) is 0 Å². The molecule has 0 fully saturated rings. The van der Waals surface area contributed by atoms with Gasteiger partial charge in [0.2, 0.25) is 5.90 Å². The average Bonchev–Trinajstić information content (AvgIpc) is 3.45. The van der Waals surface area contributed by atoms with Gasteiger partial charge in [-0.3, -0.25) is 10.2 Å². The Morgan fingerprint density at radius 2 is 1.78 bits per heavy atom. The maximum atomic E-state index is 14.3. The number of hydrogen-bond donors (Lipinski definition) is 3. The number of azide groups is 2. The Kier molecular flexibility index (Phi) is 12.2. The molecule has 1 heterocycles. The van der Waals surface area contributed by atoms with E-state index in [4.69, 9.17) is 29.8 Å². The minimum atomic E-state index is -1.59. The van der Waals surface area contributed by atoms with Crippen molar-refractivity contribution in [3.05, 3.63) is 116 Å². The van der Waals surface area contributed by atoms with Gasteiger partial charge in [0.15, 0.2) is 11.6 Å². The first-order chi connectivity index (χ1) is 22.1. The van der Waals surface area contributed by atoms with Gasteiger partial charge < -0.3 is 19.3 Å². The van der Waals surface area contributed by atoms with Crippen molar-refractivity contribution in [2.24, 2.45) is 15.2 Å². The van der Waals surface area contributed by atoms with E-state index in [0.717, 1.165) is 11.1 Å². The van der Waals surface area contributed by atoms with E-state index in [0.29, 0.717) is 55.2 Å². The predicted octanol–water partition coefficient (Wildman–Crippen LogP) is 5.36. The second kappa shape index (κ2) is 16.7. The maximum Gasteiger partial charge on any atom is 0.266 e. The first kappa shape index (κ1) is 32.8. The molecule has 0 saturated heterocycles. The van der Waals surface area contributed by atoms with Crippen LogP contribution in [0.5, 0.6) is 5.75 Å². The minimum Gasteiger partial charge on any atom is -0.494 e. The SMILES string of the molecule is COCCCNNC(=O)[C@@]1(Cc2ccccc2CN=[N+]=[N-])N=C(c2ccc(OCCCO)cc2)O[C@H]1c1ccccc1N=[N+]=[N-]. The highest BCUT2D eigenvalue weighted by atomic mass is 16.5. The van der Waals surface area contributed by atoms with Crippen LogP contribution in [0.2, 0.25) is 0 Å². The standard InChI is InChI=1S/C31H35N9O5/c1-43-18-6-16-34-38-30(42)31(20-23-8-2-3-9-24(23)21-35-39-32)28(26-10-4-5-11-27(26)37-40-33)45-29(36-31)22-12-14-25(15-13-22)44-19-7-17-41/h2-5,8-15,28,34,41H,6-7,16-21H2,1H3,(H,38,42)/t28-,31-/m0/s1. The fourth-order valence-corrected chi connectivity index (χ4v) is 4.95. The van der Waals surface area contributed by atoms with Gasteiger partial charge in [-0.1, -0.05) is 58.8 Å². The monoisotopic (exact) mass is 613 g/mol. The van der Waals surface area contributed by atoms with Gasteiger partial charge in [0.25, 0.3) is 5.91 Å². The number of hydrazine groups is 1. The summed E-state index contributed by atoms with van der Waals surface area (Å²) in [5.41, 5.74) is 25.3. The zero-order valence-electron chi connectivity index (χ0n) is 24.9. The molecule has 45 heavy (non-hydrogen) atoms. The summed E-state index contributed by atoms with van der Waals surface area (Å²) in [4.78, 5) is 25.2. The molecule has 0 aromatic heterocycles. The number of nitrogens with zero attached hydrogens (tertiary/aromatic N) is 7. The van der Waals surface area contributed by atoms with Gasteiger partial charge in [-0.15, -0.1) is 0 Å². The third-order valence-corrected chi connectivity index (χ3v) is 7.14. The summed E-state index contributed by atoms with van der Waals surface area (Å²) in [6.07, 6.45) is 0.210. The highest BCUT2D eigenvalue weighted by Gasteiger charge is 2.54. The molecule has 14 nitrogen and oxygen atoms in total. The Balaban J connectivity index is 1.83. The Labute approximate surface area is 260 Å². The Morgan fingerprint density at radius 3 is 2.51 bits per heavy atom. The maximum absolute atomic E-state index is 14.3. The number of aliphatic hydroxyl groups is 1. The number of hydrogen-bond acceptors (Lipinski definition) is 9. The molecule has 0 unspecified atom stereocenters. The molecule has 3 N–H and O–H groups in total. The van der Waals surface area contributed by atoms with E-state index < -0.39 is 17.6 Å². The molecule has 0 spiro atoms. The Bertz CT molecular complexity index is 1570. The second-order valence-corrected chi connectivity index (χ2v) is 10.1. The van der Waals surface area contributed by atoms with E-state index in [1.165, 1.54) is 0 Å². The topological polar surface area (TPSA) is 199 Å². The summed E-state index contributed by atoms with van der Waals surface area (Å²) in [7, 11) is 1.60. The number of carbonyl (C=O) groups excluding carboxylic acids is 1. The molecule has 1 aliphatic heterocycles. The number of nitrogens with one attached hydrogen (secondary N) is 2. The largest absolute Gasteiger partial charge is 0.494 e. The van der Waals surface area contributed by atoms with Crippen molar-refractivity contribution in [2.75, 3.05) is 33.5 Å². The van der Waals surface area contributed by atoms with Crippen molar-refractivity contribution in [1.29, 1.82) is 0 Å². The third kappa shape index (κ3) is 8.30. The lowest BCUT2D eigenvalue weighted by atomic mass is 9.80. The van der Waals surface area contributed by atoms with E-state index in [9.17, 15) is 10.3 Å². The van der Waals surface area contributed by atoms with Crippen LogP contribution in [-0.4, -0.2) is 55.9 Å². The van der Waals surface area contributed by atoms with Crippen LogP contribution in [0.15, 0.2) is 88.0 Å². The molecular weight excluding hydrogens is 578 g/mol. The van der Waals surface area contributed by atoms with Gasteiger partial charge in [-0.25, -0.2) is 10.4 Å². The summed E-state index contributed by atoms with van der Waals surface area (Å²) in [5, 5.41) is 16.7. The molecule has 3 aromatic rings. The normalized spacial score (nSPS) is 16.9. The molecular formula is C31H35N9O5. The first-order valence-corrected chi connectivity index (χ1v) is 14.4. The van der Waals surface area contributed by atoms with Crippen molar-refractivity contribution in [1.82, 2.24) is 10.9 Å². The molecule has 0 saturated carbocycles. The average molecular weight is 614 g/mol. The molecule has 3 aromatic carbocycles. The lowest BCUT2D eigenvalue weighted by molar-refractivity contribution is -0.130. The highest BCUT2D eigenvalue weighted by Crippen LogP contribution is 2.45. The van der Waals surface area contributed by atoms with Gasteiger partial charge in [0.1, 0.15) is 5.75 Å². The molecule has 0 aliphatic carbocycles. The van der Waals surface area contributed by atoms with Gasteiger partial charge in [-0.05, 0) is 52.9 Å². The van der Waals surface area contributed by atoms with Crippen LogP contribution in [0.1, 0.15) is 41.2 Å². The van der Waals surface area contributed by atoms with Crippen molar-refractivity contribution in [3.63, 3.8) is 0 Å². The molecule has 2 atom stereocenters. The van der Waals surface area contributed by atoms with E-state index in [1.807, 2.05) is 24.3 Å². The number of ether oxygens (including phenoxy) is 3. The molecule has 0 radical (unpaired) electrons. The smallest absolute Gasteiger partial charge is 0.266 e. The molecule has 14 heteroatoms. The zero-order valence-corrected chi connectivity index (χ0v) is 24.9. The van der Waals surface area contributed by atoms with E-state index in [1.54, 1.807) is 55.6 Å². The molecule has 234 valence electrons. The fraction of sp³-hybridized carbons (Fsp3) is 0.355. The minimum absolute atomic E-state index is 0.0266. The van der Waals surface area contributed by atoms with E-state index in [2.05, 4.69) is 30.9 Å². The summed E-state index contributed by atoms with van der Waals surface area (Å²) in [6.45, 7) is 1.42. The Hall–Kier alpha value is -5.10. The fourth-order valence-electron chi connectivity index (χ4n) is 4.95. The van der Waals surface area contributed by atoms with Crippen molar-refractivity contribution < 1.29 is 24.1 Å². The van der Waals surface area contributed by atoms with Gasteiger partial charge in [-0.2, -0.15) is 0 Å². The van der Waals surface area contributed by atoms with Gasteiger partial charge in [0.05, 0.1) is 13.2 Å². The number of benzene rings is 3. The van der Waals surface area contributed by atoms with Crippen LogP contribution in [0.4, 0.5) is 5.69 Å². The third-order valence-electron chi connectivity index (χ3n) is 7.14. The number of methoxy groups -OCH3 is 1. The lowest BCUT2D eigenvalue weighted by Crippen LogP contribution is -2.54. The summed E-state index contributed by atoms with van der Waals surface area (Å²) < 4.78 is 17.3. The quantitative estimate of drug-likeness (QED) is 0.0602. The second-order valence-electron chi connectivity index (χ2n) is 10.1. The van der Waals surface area contributed by atoms with Crippen LogP contribution in [0, 0.1) is 0 Å². The molecule has 0 bridgehead atoms. The number of carbonyl (C=O) groups is 1. The summed E-state index contributed by atoms with van der Waals surface area (Å²) in [5.74, 6) is 0.338. The van der Waals surface area contributed by atoms with Gasteiger partial charge in [0, 0.05) is 66.3 Å². The van der Waals surface area contributed by atoms with Crippen LogP contribution in [-0.2, 0) is 27.2 Å². The van der Waals surface area contributed by atoms with Crippen molar-refractivity contribution in [3.8, 4) is 5.75 Å².